The fourth-order valence-electron chi connectivity index (χ4n) is 1.09. The van der Waals surface area contributed by atoms with E-state index in [0.29, 0.717) is 6.20 Å². The molecule has 1 aromatic heterocycles. The lowest BCUT2D eigenvalue weighted by molar-refractivity contribution is 0.141. The Morgan fingerprint density at radius 2 is 2.06 bits per heavy atom. The molecule has 2 N–H and O–H groups in total. The number of aromatic nitrogens is 1. The van der Waals surface area contributed by atoms with Gasteiger partial charge >= 0.3 is 0 Å². The van der Waals surface area contributed by atoms with Crippen LogP contribution in [-0.2, 0) is 10.0 Å². The van der Waals surface area contributed by atoms with E-state index in [1.54, 1.807) is 0 Å². The van der Waals surface area contributed by atoms with Crippen LogP contribution < -0.4 is 9.88 Å². The number of hydrogen-bond donors (Lipinski definition) is 1. The average molecular weight is 256 g/mol. The van der Waals surface area contributed by atoms with Gasteiger partial charge in [-0.3, -0.25) is 0 Å². The largest absolute Gasteiger partial charge is 0.492 e. The van der Waals surface area contributed by atoms with Gasteiger partial charge < -0.3 is 4.74 Å². The lowest BCUT2D eigenvalue weighted by atomic mass is 10.2. The Kier molecular flexibility index (Phi) is 3.38. The molecule has 0 aliphatic rings. The highest BCUT2D eigenvalue weighted by Crippen LogP contribution is 2.34. The predicted molar refractivity (Wildman–Crippen MR) is 47.1 cm³/mol. The van der Waals surface area contributed by atoms with Gasteiger partial charge in [0, 0.05) is 0 Å². The van der Waals surface area contributed by atoms with Crippen LogP contribution >= 0.6 is 0 Å². The topological polar surface area (TPSA) is 82.3 Å². The molecule has 0 saturated carbocycles. The quantitative estimate of drug-likeness (QED) is 0.811. The molecular weight excluding hydrogens is 249 g/mol. The van der Waals surface area contributed by atoms with Crippen LogP contribution in [0.2, 0.25) is 0 Å². The van der Waals surface area contributed by atoms with E-state index in [-0.39, 0.29) is 0 Å². The SMILES string of the molecule is COc1c(F)ncc(S(N)(=O)=O)c1C(F)F. The first-order valence-corrected chi connectivity index (χ1v) is 5.37. The molecular formula is C7H7F3N2O3S. The first kappa shape index (κ1) is 12.7. The van der Waals surface area contributed by atoms with Crippen molar-refractivity contribution < 1.29 is 26.3 Å². The van der Waals surface area contributed by atoms with Gasteiger partial charge in [0.2, 0.25) is 10.0 Å². The van der Waals surface area contributed by atoms with Crippen molar-refractivity contribution in [3.63, 3.8) is 0 Å². The maximum absolute atomic E-state index is 13.0. The molecule has 9 heteroatoms. The van der Waals surface area contributed by atoms with Crippen LogP contribution in [0.1, 0.15) is 12.0 Å². The molecule has 90 valence electrons. The number of alkyl halides is 2. The number of nitrogens with zero attached hydrogens (tertiary/aromatic N) is 1. The van der Waals surface area contributed by atoms with Crippen molar-refractivity contribution in [2.75, 3.05) is 7.11 Å². The minimum absolute atomic E-state index is 0.425. The summed E-state index contributed by atoms with van der Waals surface area (Å²) in [5, 5.41) is 4.69. The second-order valence-corrected chi connectivity index (χ2v) is 4.24. The van der Waals surface area contributed by atoms with E-state index in [0.717, 1.165) is 7.11 Å². The van der Waals surface area contributed by atoms with Crippen molar-refractivity contribution in [1.29, 1.82) is 0 Å². The Balaban J connectivity index is 3.65. The number of rotatable bonds is 3. The Hall–Kier alpha value is -1.35. The summed E-state index contributed by atoms with van der Waals surface area (Å²) in [4.78, 5) is 2.02. The molecule has 0 aromatic carbocycles. The molecule has 0 amide bonds. The number of nitrogens with two attached hydrogens (primary N) is 1. The fourth-order valence-corrected chi connectivity index (χ4v) is 1.78. The maximum atomic E-state index is 13.0. The zero-order chi connectivity index (χ0) is 12.5. The number of hydrogen-bond acceptors (Lipinski definition) is 4. The van der Waals surface area contributed by atoms with Crippen LogP contribution in [0.4, 0.5) is 13.2 Å². The highest BCUT2D eigenvalue weighted by Gasteiger charge is 2.28. The van der Waals surface area contributed by atoms with Crippen LogP contribution in [0.5, 0.6) is 5.75 Å². The summed E-state index contributed by atoms with van der Waals surface area (Å²) in [7, 11) is -3.50. The number of sulfonamides is 1. The first-order chi connectivity index (χ1) is 7.29. The lowest BCUT2D eigenvalue weighted by Gasteiger charge is -2.11. The van der Waals surface area contributed by atoms with Crippen molar-refractivity contribution in [2.45, 2.75) is 11.3 Å². The van der Waals surface area contributed by atoms with Crippen molar-refractivity contribution in [2.24, 2.45) is 5.14 Å². The van der Waals surface area contributed by atoms with E-state index in [1.807, 2.05) is 0 Å². The molecule has 5 nitrogen and oxygen atoms in total. The van der Waals surface area contributed by atoms with E-state index >= 15 is 0 Å². The standard InChI is InChI=1S/C7H7F3N2O3S/c1-15-5-4(6(8)9)3(16(11,13)14)2-12-7(5)10/h2,6H,1H3,(H2,11,13,14). The molecule has 0 atom stereocenters. The first-order valence-electron chi connectivity index (χ1n) is 3.82. The minimum atomic E-state index is -4.42. The fraction of sp³-hybridized carbons (Fsp3) is 0.286. The van der Waals surface area contributed by atoms with Crippen LogP contribution in [0.3, 0.4) is 0 Å². The van der Waals surface area contributed by atoms with Crippen LogP contribution in [0, 0.1) is 5.95 Å². The van der Waals surface area contributed by atoms with Gasteiger partial charge in [0.15, 0.2) is 5.75 Å². The zero-order valence-corrected chi connectivity index (χ0v) is 8.76. The predicted octanol–water partition coefficient (Wildman–Crippen LogP) is 0.814. The van der Waals surface area contributed by atoms with Gasteiger partial charge in [0.05, 0.1) is 18.9 Å². The number of pyridine rings is 1. The number of methoxy groups -OCH3 is 1. The van der Waals surface area contributed by atoms with Gasteiger partial charge in [0.1, 0.15) is 4.90 Å². The normalized spacial score (nSPS) is 11.9. The van der Waals surface area contributed by atoms with Crippen LogP contribution in [0.25, 0.3) is 0 Å². The molecule has 1 rings (SSSR count). The Bertz CT molecular complexity index is 504. The lowest BCUT2D eigenvalue weighted by Crippen LogP contribution is -2.16. The van der Waals surface area contributed by atoms with Gasteiger partial charge in [-0.15, -0.1) is 0 Å². The van der Waals surface area contributed by atoms with E-state index in [2.05, 4.69) is 14.9 Å². The highest BCUT2D eigenvalue weighted by molar-refractivity contribution is 7.89. The molecule has 0 spiro atoms. The number of ether oxygens (including phenoxy) is 1. The molecule has 0 aliphatic heterocycles. The summed E-state index contributed by atoms with van der Waals surface area (Å²) in [6, 6.07) is 0. The summed E-state index contributed by atoms with van der Waals surface area (Å²) in [5.41, 5.74) is -1.13. The minimum Gasteiger partial charge on any atom is -0.492 e. The van der Waals surface area contributed by atoms with Crippen molar-refractivity contribution >= 4 is 10.0 Å². The molecule has 0 fully saturated rings. The van der Waals surface area contributed by atoms with E-state index < -0.39 is 38.6 Å². The molecule has 0 saturated heterocycles. The average Bonchev–Trinajstić information content (AvgIpc) is 2.14. The van der Waals surface area contributed by atoms with E-state index in [4.69, 9.17) is 0 Å². The van der Waals surface area contributed by atoms with Gasteiger partial charge in [-0.1, -0.05) is 0 Å². The summed E-state index contributed by atoms with van der Waals surface area (Å²) < 4.78 is 64.4. The second kappa shape index (κ2) is 4.26. The molecule has 0 unspecified atom stereocenters. The van der Waals surface area contributed by atoms with Gasteiger partial charge in [-0.25, -0.2) is 27.3 Å². The van der Waals surface area contributed by atoms with Crippen LogP contribution in [-0.4, -0.2) is 20.5 Å². The molecule has 0 radical (unpaired) electrons. The summed E-state index contributed by atoms with van der Waals surface area (Å²) >= 11 is 0. The summed E-state index contributed by atoms with van der Waals surface area (Å²) in [6.45, 7) is 0. The third-order valence-electron chi connectivity index (χ3n) is 1.72. The molecule has 0 aliphatic carbocycles. The van der Waals surface area contributed by atoms with Crippen LogP contribution in [0.15, 0.2) is 11.1 Å². The monoisotopic (exact) mass is 256 g/mol. The van der Waals surface area contributed by atoms with E-state index in [9.17, 15) is 21.6 Å². The molecule has 1 aromatic rings. The Labute approximate surface area is 89.1 Å². The molecule has 1 heterocycles. The van der Waals surface area contributed by atoms with Gasteiger partial charge in [-0.2, -0.15) is 4.39 Å². The number of primary sulfonamides is 1. The third-order valence-corrected chi connectivity index (χ3v) is 2.66. The van der Waals surface area contributed by atoms with Crippen molar-refractivity contribution in [1.82, 2.24) is 4.98 Å². The third kappa shape index (κ3) is 2.25. The van der Waals surface area contributed by atoms with Gasteiger partial charge in [-0.05, 0) is 0 Å². The van der Waals surface area contributed by atoms with Crippen molar-refractivity contribution in [3.05, 3.63) is 17.7 Å². The summed E-state index contributed by atoms with van der Waals surface area (Å²) in [5.74, 6) is -2.26. The molecule has 0 bridgehead atoms. The maximum Gasteiger partial charge on any atom is 0.268 e. The zero-order valence-electron chi connectivity index (χ0n) is 7.95. The Morgan fingerprint density at radius 1 is 1.50 bits per heavy atom. The highest BCUT2D eigenvalue weighted by atomic mass is 32.2. The smallest absolute Gasteiger partial charge is 0.268 e. The van der Waals surface area contributed by atoms with Gasteiger partial charge in [0.25, 0.3) is 12.4 Å². The Morgan fingerprint density at radius 3 is 2.44 bits per heavy atom. The van der Waals surface area contributed by atoms with Crippen molar-refractivity contribution in [3.8, 4) is 5.75 Å². The summed E-state index contributed by atoms with van der Waals surface area (Å²) in [6.07, 6.45) is -2.82. The number of halogens is 3. The van der Waals surface area contributed by atoms with E-state index in [1.165, 1.54) is 0 Å². The second-order valence-electron chi connectivity index (χ2n) is 2.71. The molecule has 16 heavy (non-hydrogen) atoms.